The van der Waals surface area contributed by atoms with E-state index in [1.165, 1.54) is 6.08 Å². The van der Waals surface area contributed by atoms with Gasteiger partial charge < -0.3 is 23.2 Å². The summed E-state index contributed by atoms with van der Waals surface area (Å²) < 4.78 is 47.3. The molecule has 0 spiro atoms. The molecule has 9 heteroatoms. The minimum absolute atomic E-state index is 0.0924. The lowest BCUT2D eigenvalue weighted by Crippen LogP contribution is -2.17. The van der Waals surface area contributed by atoms with Gasteiger partial charge in [0, 0.05) is 0 Å². The minimum Gasteiger partial charge on any atom is -0.392 e. The second kappa shape index (κ2) is 11.5. The summed E-state index contributed by atoms with van der Waals surface area (Å²) in [5.41, 5.74) is 0. The molecule has 0 fully saturated rings. The van der Waals surface area contributed by atoms with Crippen molar-refractivity contribution in [3.05, 3.63) is 12.2 Å². The lowest BCUT2D eigenvalue weighted by atomic mass is 10.4. The predicted molar refractivity (Wildman–Crippen MR) is 86.3 cm³/mol. The second-order valence-electron chi connectivity index (χ2n) is 4.12. The zero-order chi connectivity index (χ0) is 17.1. The summed E-state index contributed by atoms with van der Waals surface area (Å²) >= 11 is 0. The third-order valence-electron chi connectivity index (χ3n) is 2.59. The molecule has 0 heterocycles. The fraction of sp³-hybridized carbons (Fsp3) is 0.846. The van der Waals surface area contributed by atoms with Crippen molar-refractivity contribution in [2.75, 3.05) is 33.0 Å². The Bertz CT molecular complexity index is 361. The van der Waals surface area contributed by atoms with Gasteiger partial charge in [-0.15, -0.1) is 0 Å². The fourth-order valence-electron chi connectivity index (χ4n) is 1.86. The van der Waals surface area contributed by atoms with Gasteiger partial charge in [0.05, 0.1) is 33.0 Å². The Balaban J connectivity index is 5.69. The molecule has 0 aromatic carbocycles. The monoisotopic (exact) mass is 358 g/mol. The molecular weight excluding hydrogens is 330 g/mol. The first-order chi connectivity index (χ1) is 10.4. The first-order valence-electron chi connectivity index (χ1n) is 7.47. The van der Waals surface area contributed by atoms with Crippen molar-refractivity contribution in [2.24, 2.45) is 0 Å². The molecular formula is C13H28O7P2. The zero-order valence-electron chi connectivity index (χ0n) is 13.8. The molecule has 0 saturated carbocycles. The molecule has 0 aromatic rings. The molecule has 0 atom stereocenters. The van der Waals surface area contributed by atoms with E-state index >= 15 is 0 Å². The van der Waals surface area contributed by atoms with Crippen LogP contribution in [0.25, 0.3) is 0 Å². The van der Waals surface area contributed by atoms with E-state index in [0.29, 0.717) is 0 Å². The largest absolute Gasteiger partial charge is 0.392 e. The quantitative estimate of drug-likeness (QED) is 0.396. The highest BCUT2D eigenvalue weighted by atomic mass is 31.2. The van der Waals surface area contributed by atoms with E-state index in [9.17, 15) is 9.13 Å². The van der Waals surface area contributed by atoms with Crippen LogP contribution in [0.1, 0.15) is 34.1 Å². The SMILES string of the molecule is CCOP(=O)(OCC)C(C/C=C/CO)P(=O)(OCC)OCC. The van der Waals surface area contributed by atoms with Gasteiger partial charge in [0.15, 0.2) is 5.40 Å². The summed E-state index contributed by atoms with van der Waals surface area (Å²) in [7, 11) is -7.39. The van der Waals surface area contributed by atoms with E-state index in [4.69, 9.17) is 23.2 Å². The third kappa shape index (κ3) is 6.63. The van der Waals surface area contributed by atoms with Crippen LogP contribution in [-0.2, 0) is 27.2 Å². The molecule has 0 rings (SSSR count). The molecule has 0 saturated heterocycles. The van der Waals surface area contributed by atoms with Crippen molar-refractivity contribution in [2.45, 2.75) is 39.5 Å². The van der Waals surface area contributed by atoms with Crippen LogP contribution in [0.2, 0.25) is 0 Å². The molecule has 0 aliphatic rings. The molecule has 0 aromatic heterocycles. The highest BCUT2D eigenvalue weighted by Crippen LogP contribution is 2.71. The average Bonchev–Trinajstić information content (AvgIpc) is 2.44. The standard InChI is InChI=1S/C13H28O7P2/c1-5-17-21(15,18-6-2)13(11-9-10-12-14)22(16,19-7-3)20-8-4/h9-10,13-14H,5-8,11-12H2,1-4H3/b10-9+. The summed E-state index contributed by atoms with van der Waals surface area (Å²) in [5, 5.41) is 7.78. The summed E-state index contributed by atoms with van der Waals surface area (Å²) in [6.07, 6.45) is 3.13. The van der Waals surface area contributed by atoms with Crippen LogP contribution in [0.5, 0.6) is 0 Å². The van der Waals surface area contributed by atoms with Crippen LogP contribution in [-0.4, -0.2) is 43.5 Å². The van der Waals surface area contributed by atoms with Gasteiger partial charge in [-0.05, 0) is 34.1 Å². The highest BCUT2D eigenvalue weighted by Gasteiger charge is 2.49. The second-order valence-corrected chi connectivity index (χ2v) is 8.97. The number of hydrogen-bond acceptors (Lipinski definition) is 7. The summed E-state index contributed by atoms with van der Waals surface area (Å²) in [5.74, 6) is 0. The number of aliphatic hydroxyl groups excluding tert-OH is 1. The van der Waals surface area contributed by atoms with Crippen molar-refractivity contribution in [3.63, 3.8) is 0 Å². The van der Waals surface area contributed by atoms with Crippen molar-refractivity contribution >= 4 is 15.2 Å². The fourth-order valence-corrected chi connectivity index (χ4v) is 7.08. The Morgan fingerprint density at radius 1 is 0.818 bits per heavy atom. The summed E-state index contributed by atoms with van der Waals surface area (Å²) in [6.45, 7) is 7.14. The first-order valence-corrected chi connectivity index (χ1v) is 10.7. The minimum atomic E-state index is -3.70. The number of rotatable bonds is 13. The van der Waals surface area contributed by atoms with E-state index < -0.39 is 20.6 Å². The Hall–Kier alpha value is -0.0000000000000000416. The molecule has 0 aliphatic heterocycles. The average molecular weight is 358 g/mol. The van der Waals surface area contributed by atoms with Crippen molar-refractivity contribution in [3.8, 4) is 0 Å². The van der Waals surface area contributed by atoms with E-state index in [1.54, 1.807) is 33.8 Å². The van der Waals surface area contributed by atoms with Gasteiger partial charge in [-0.2, -0.15) is 0 Å². The Kier molecular flexibility index (Phi) is 11.5. The Morgan fingerprint density at radius 2 is 1.18 bits per heavy atom. The normalized spacial score (nSPS) is 13.4. The molecule has 0 amide bonds. The highest BCUT2D eigenvalue weighted by molar-refractivity contribution is 7.72. The van der Waals surface area contributed by atoms with Crippen LogP contribution >= 0.6 is 15.2 Å². The molecule has 132 valence electrons. The van der Waals surface area contributed by atoms with Crippen LogP contribution in [0, 0.1) is 0 Å². The lowest BCUT2D eigenvalue weighted by Gasteiger charge is -2.30. The Labute approximate surface area is 133 Å². The first kappa shape index (κ1) is 22.0. The summed E-state index contributed by atoms with van der Waals surface area (Å²) in [6, 6.07) is 0. The van der Waals surface area contributed by atoms with Crippen LogP contribution in [0.3, 0.4) is 0 Å². The van der Waals surface area contributed by atoms with Gasteiger partial charge in [0.1, 0.15) is 0 Å². The predicted octanol–water partition coefficient (Wildman–Crippen LogP) is 3.78. The van der Waals surface area contributed by atoms with E-state index in [-0.39, 0.29) is 39.5 Å². The van der Waals surface area contributed by atoms with Crippen LogP contribution in [0.4, 0.5) is 0 Å². The maximum absolute atomic E-state index is 13.0. The summed E-state index contributed by atoms with van der Waals surface area (Å²) in [4.78, 5) is 0. The van der Waals surface area contributed by atoms with Crippen molar-refractivity contribution in [1.29, 1.82) is 0 Å². The number of hydrogen-bond donors (Lipinski definition) is 1. The van der Waals surface area contributed by atoms with Gasteiger partial charge in [-0.3, -0.25) is 9.13 Å². The van der Waals surface area contributed by atoms with Crippen molar-refractivity contribution in [1.82, 2.24) is 0 Å². The molecule has 0 aliphatic carbocycles. The van der Waals surface area contributed by atoms with Crippen LogP contribution < -0.4 is 0 Å². The molecule has 22 heavy (non-hydrogen) atoms. The van der Waals surface area contributed by atoms with Gasteiger partial charge in [-0.25, -0.2) is 0 Å². The van der Waals surface area contributed by atoms with E-state index in [1.807, 2.05) is 0 Å². The number of aliphatic hydroxyl groups is 1. The molecule has 0 radical (unpaired) electrons. The third-order valence-corrected chi connectivity index (χ3v) is 8.64. The maximum Gasteiger partial charge on any atom is 0.346 e. The van der Waals surface area contributed by atoms with Crippen molar-refractivity contribution < 1.29 is 32.3 Å². The van der Waals surface area contributed by atoms with Gasteiger partial charge in [0.2, 0.25) is 0 Å². The lowest BCUT2D eigenvalue weighted by molar-refractivity contribution is 0.195. The van der Waals surface area contributed by atoms with Gasteiger partial charge in [0.25, 0.3) is 0 Å². The molecule has 0 unspecified atom stereocenters. The van der Waals surface area contributed by atoms with E-state index in [0.717, 1.165) is 0 Å². The topological polar surface area (TPSA) is 91.3 Å². The van der Waals surface area contributed by atoms with E-state index in [2.05, 4.69) is 0 Å². The number of allylic oxidation sites excluding steroid dienone is 1. The van der Waals surface area contributed by atoms with Gasteiger partial charge >= 0.3 is 15.2 Å². The Morgan fingerprint density at radius 3 is 1.45 bits per heavy atom. The van der Waals surface area contributed by atoms with Crippen LogP contribution in [0.15, 0.2) is 12.2 Å². The zero-order valence-corrected chi connectivity index (χ0v) is 15.6. The molecule has 7 nitrogen and oxygen atoms in total. The smallest absolute Gasteiger partial charge is 0.346 e. The maximum atomic E-state index is 13.0. The van der Waals surface area contributed by atoms with Gasteiger partial charge in [-0.1, -0.05) is 12.2 Å². The molecule has 1 N–H and O–H groups in total. The molecule has 0 bridgehead atoms.